The summed E-state index contributed by atoms with van der Waals surface area (Å²) in [5, 5.41) is 3.04. The van der Waals surface area contributed by atoms with Gasteiger partial charge >= 0.3 is 0 Å². The number of hydrogen-bond acceptors (Lipinski definition) is 4. The number of amides is 1. The third-order valence-corrected chi connectivity index (χ3v) is 4.65. The van der Waals surface area contributed by atoms with E-state index in [1.54, 1.807) is 26.4 Å². The number of ether oxygens (including phenoxy) is 2. The fraction of sp³-hybridized carbons (Fsp3) is 0.611. The molecule has 1 N–H and O–H groups in total. The van der Waals surface area contributed by atoms with Gasteiger partial charge in [-0.15, -0.1) is 0 Å². The van der Waals surface area contributed by atoms with E-state index in [-0.39, 0.29) is 11.3 Å². The van der Waals surface area contributed by atoms with Crippen LogP contribution in [0, 0.1) is 5.41 Å². The average Bonchev–Trinajstić information content (AvgIpc) is 2.54. The van der Waals surface area contributed by atoms with Crippen LogP contribution in [-0.2, 0) is 4.79 Å². The molecule has 0 aliphatic carbocycles. The van der Waals surface area contributed by atoms with E-state index in [9.17, 15) is 4.79 Å². The van der Waals surface area contributed by atoms with Crippen LogP contribution in [0.2, 0.25) is 0 Å². The van der Waals surface area contributed by atoms with Gasteiger partial charge in [-0.3, -0.25) is 9.69 Å². The summed E-state index contributed by atoms with van der Waals surface area (Å²) in [7, 11) is 3.19. The molecule has 0 saturated carbocycles. The van der Waals surface area contributed by atoms with Gasteiger partial charge in [-0.1, -0.05) is 0 Å². The molecule has 0 radical (unpaired) electrons. The number of hydrogen-bond donors (Lipinski definition) is 1. The first kappa shape index (κ1) is 17.6. The number of likely N-dealkylation sites (tertiary alicyclic amines) is 1. The second kappa shape index (κ2) is 7.21. The third-order valence-electron chi connectivity index (χ3n) is 4.65. The van der Waals surface area contributed by atoms with Gasteiger partial charge in [0, 0.05) is 24.3 Å². The molecule has 5 heteroatoms. The minimum Gasteiger partial charge on any atom is -0.493 e. The molecule has 1 saturated heterocycles. The van der Waals surface area contributed by atoms with Gasteiger partial charge in [0.15, 0.2) is 11.5 Å². The Kier molecular flexibility index (Phi) is 5.52. The minimum atomic E-state index is -0.365. The predicted octanol–water partition coefficient (Wildman–Crippen LogP) is 3.15. The van der Waals surface area contributed by atoms with Crippen LogP contribution in [0.25, 0.3) is 0 Å². The second-order valence-electron chi connectivity index (χ2n) is 6.75. The Bertz CT molecular complexity index is 559. The molecule has 1 aliphatic rings. The number of carbonyl (C=O) groups is 1. The van der Waals surface area contributed by atoms with E-state index in [4.69, 9.17) is 9.47 Å². The quantitative estimate of drug-likeness (QED) is 0.905. The van der Waals surface area contributed by atoms with Gasteiger partial charge < -0.3 is 14.8 Å². The van der Waals surface area contributed by atoms with Gasteiger partial charge in [-0.2, -0.15) is 0 Å². The highest BCUT2D eigenvalue weighted by Crippen LogP contribution is 2.34. The molecule has 128 valence electrons. The molecule has 1 aliphatic heterocycles. The summed E-state index contributed by atoms with van der Waals surface area (Å²) in [5.41, 5.74) is 0.367. The van der Waals surface area contributed by atoms with Crippen LogP contribution in [-0.4, -0.2) is 44.2 Å². The molecule has 0 spiro atoms. The Morgan fingerprint density at radius 3 is 2.57 bits per heavy atom. The molecule has 1 amide bonds. The fourth-order valence-electron chi connectivity index (χ4n) is 3.10. The summed E-state index contributed by atoms with van der Waals surface area (Å²) >= 11 is 0. The van der Waals surface area contributed by atoms with Crippen molar-refractivity contribution in [2.45, 2.75) is 39.7 Å². The zero-order chi connectivity index (χ0) is 17.0. The second-order valence-corrected chi connectivity index (χ2v) is 6.75. The first-order valence-corrected chi connectivity index (χ1v) is 8.17. The molecule has 2 rings (SSSR count). The highest BCUT2D eigenvalue weighted by Gasteiger charge is 2.38. The molecule has 1 heterocycles. The molecule has 0 aromatic heterocycles. The molecule has 1 fully saturated rings. The van der Waals surface area contributed by atoms with Crippen LogP contribution < -0.4 is 14.8 Å². The van der Waals surface area contributed by atoms with Gasteiger partial charge in [-0.05, 0) is 52.3 Å². The molecular weight excluding hydrogens is 292 g/mol. The summed E-state index contributed by atoms with van der Waals surface area (Å²) in [4.78, 5) is 15.2. The molecule has 1 aromatic carbocycles. The Labute approximate surface area is 139 Å². The van der Waals surface area contributed by atoms with Gasteiger partial charge in [-0.25, -0.2) is 0 Å². The van der Waals surface area contributed by atoms with E-state index in [0.717, 1.165) is 31.6 Å². The molecule has 1 aromatic rings. The first-order valence-electron chi connectivity index (χ1n) is 8.17. The number of anilines is 1. The van der Waals surface area contributed by atoms with Crippen LogP contribution in [0.4, 0.5) is 5.69 Å². The number of carbonyl (C=O) groups excluding carboxylic acids is 1. The van der Waals surface area contributed by atoms with E-state index in [1.165, 1.54) is 0 Å². The van der Waals surface area contributed by atoms with Crippen molar-refractivity contribution in [3.8, 4) is 11.5 Å². The topological polar surface area (TPSA) is 50.8 Å². The Morgan fingerprint density at radius 1 is 1.26 bits per heavy atom. The number of rotatable bonds is 5. The Balaban J connectivity index is 2.11. The van der Waals surface area contributed by atoms with Crippen LogP contribution in [0.1, 0.15) is 33.6 Å². The maximum atomic E-state index is 12.8. The van der Waals surface area contributed by atoms with Gasteiger partial charge in [0.05, 0.1) is 19.6 Å². The smallest absolute Gasteiger partial charge is 0.231 e. The summed E-state index contributed by atoms with van der Waals surface area (Å²) < 4.78 is 10.5. The van der Waals surface area contributed by atoms with Crippen molar-refractivity contribution in [2.24, 2.45) is 5.41 Å². The zero-order valence-electron chi connectivity index (χ0n) is 14.8. The Hall–Kier alpha value is -1.75. The van der Waals surface area contributed by atoms with Crippen molar-refractivity contribution < 1.29 is 14.3 Å². The number of methoxy groups -OCH3 is 2. The molecule has 1 atom stereocenters. The van der Waals surface area contributed by atoms with E-state index in [2.05, 4.69) is 31.0 Å². The molecule has 5 nitrogen and oxygen atoms in total. The summed E-state index contributed by atoms with van der Waals surface area (Å²) in [6, 6.07) is 5.90. The van der Waals surface area contributed by atoms with Crippen molar-refractivity contribution in [3.05, 3.63) is 18.2 Å². The van der Waals surface area contributed by atoms with Gasteiger partial charge in [0.25, 0.3) is 0 Å². The van der Waals surface area contributed by atoms with Crippen molar-refractivity contribution in [1.29, 1.82) is 0 Å². The van der Waals surface area contributed by atoms with Gasteiger partial charge in [0.2, 0.25) is 5.91 Å². The van der Waals surface area contributed by atoms with Crippen LogP contribution in [0.5, 0.6) is 11.5 Å². The van der Waals surface area contributed by atoms with E-state index in [0.29, 0.717) is 17.5 Å². The number of nitrogens with one attached hydrogen (secondary N) is 1. The fourth-order valence-corrected chi connectivity index (χ4v) is 3.10. The first-order chi connectivity index (χ1) is 10.9. The standard InChI is InChI=1S/C18H28N2O3/c1-13(2)20-10-6-9-18(3,12-20)17(21)19-14-7-8-15(22-4)16(11-14)23-5/h7-8,11,13H,6,9-10,12H2,1-5H3,(H,19,21). The SMILES string of the molecule is COc1ccc(NC(=O)C2(C)CCCN(C(C)C)C2)cc1OC. The maximum absolute atomic E-state index is 12.8. The number of benzene rings is 1. The van der Waals surface area contributed by atoms with E-state index >= 15 is 0 Å². The normalized spacial score (nSPS) is 22.0. The third kappa shape index (κ3) is 3.96. The number of piperidine rings is 1. The van der Waals surface area contributed by atoms with Crippen LogP contribution >= 0.6 is 0 Å². The molecule has 23 heavy (non-hydrogen) atoms. The lowest BCUT2D eigenvalue weighted by Crippen LogP contribution is -2.50. The predicted molar refractivity (Wildman–Crippen MR) is 92.2 cm³/mol. The minimum absolute atomic E-state index is 0.0649. The van der Waals surface area contributed by atoms with Crippen molar-refractivity contribution in [3.63, 3.8) is 0 Å². The number of nitrogens with zero attached hydrogens (tertiary/aromatic N) is 1. The zero-order valence-corrected chi connectivity index (χ0v) is 14.8. The maximum Gasteiger partial charge on any atom is 0.231 e. The largest absolute Gasteiger partial charge is 0.493 e. The van der Waals surface area contributed by atoms with E-state index < -0.39 is 0 Å². The van der Waals surface area contributed by atoms with Crippen LogP contribution in [0.3, 0.4) is 0 Å². The van der Waals surface area contributed by atoms with Crippen molar-refractivity contribution in [2.75, 3.05) is 32.6 Å². The summed E-state index contributed by atoms with van der Waals surface area (Å²) in [6.45, 7) is 8.27. The van der Waals surface area contributed by atoms with Gasteiger partial charge in [0.1, 0.15) is 0 Å². The van der Waals surface area contributed by atoms with E-state index in [1.807, 2.05) is 6.07 Å². The molecule has 1 unspecified atom stereocenters. The highest BCUT2D eigenvalue weighted by atomic mass is 16.5. The molecule has 0 bridgehead atoms. The lowest BCUT2D eigenvalue weighted by molar-refractivity contribution is -0.128. The van der Waals surface area contributed by atoms with Crippen molar-refractivity contribution >= 4 is 11.6 Å². The molecular formula is C18H28N2O3. The monoisotopic (exact) mass is 320 g/mol. The Morgan fingerprint density at radius 2 is 1.96 bits per heavy atom. The average molecular weight is 320 g/mol. The summed E-state index contributed by atoms with van der Waals surface area (Å²) in [6.07, 6.45) is 1.96. The van der Waals surface area contributed by atoms with Crippen molar-refractivity contribution in [1.82, 2.24) is 4.90 Å². The highest BCUT2D eigenvalue weighted by molar-refractivity contribution is 5.95. The summed E-state index contributed by atoms with van der Waals surface area (Å²) in [5.74, 6) is 1.33. The lowest BCUT2D eigenvalue weighted by Gasteiger charge is -2.41. The lowest BCUT2D eigenvalue weighted by atomic mass is 9.80. The van der Waals surface area contributed by atoms with Crippen LogP contribution in [0.15, 0.2) is 18.2 Å².